The van der Waals surface area contributed by atoms with Crippen LogP contribution in [0.1, 0.15) is 11.1 Å². The average molecular weight is 388 g/mol. The summed E-state index contributed by atoms with van der Waals surface area (Å²) in [7, 11) is -3.76. The van der Waals surface area contributed by atoms with Gasteiger partial charge in [0.25, 0.3) is 10.0 Å². The molecule has 4 aromatic rings. The van der Waals surface area contributed by atoms with Gasteiger partial charge in [0, 0.05) is 10.9 Å². The Morgan fingerprint density at radius 1 is 0.786 bits per heavy atom. The summed E-state index contributed by atoms with van der Waals surface area (Å²) >= 11 is 0. The number of aromatic nitrogens is 1. The second-order valence-corrected chi connectivity index (χ2v) is 8.44. The van der Waals surface area contributed by atoms with E-state index in [-0.39, 0.29) is 4.90 Å². The quantitative estimate of drug-likeness (QED) is 0.515. The van der Waals surface area contributed by atoms with Crippen molar-refractivity contribution in [1.82, 2.24) is 4.98 Å². The van der Waals surface area contributed by atoms with Crippen molar-refractivity contribution in [3.05, 3.63) is 90.0 Å². The summed E-state index contributed by atoms with van der Waals surface area (Å²) in [6, 6.07) is 24.2. The van der Waals surface area contributed by atoms with E-state index < -0.39 is 10.0 Å². The molecule has 4 nitrogen and oxygen atoms in total. The number of sulfonamides is 1. The number of anilines is 1. The maximum absolute atomic E-state index is 13.0. The molecule has 0 spiro atoms. The van der Waals surface area contributed by atoms with Gasteiger partial charge in [-0.25, -0.2) is 13.4 Å². The first-order valence-electron chi connectivity index (χ1n) is 9.00. The van der Waals surface area contributed by atoms with Gasteiger partial charge in [0.1, 0.15) is 5.82 Å². The highest BCUT2D eigenvalue weighted by molar-refractivity contribution is 7.92. The monoisotopic (exact) mass is 388 g/mol. The van der Waals surface area contributed by atoms with E-state index in [2.05, 4.69) is 9.71 Å². The predicted octanol–water partition coefficient (Wildman–Crippen LogP) is 5.32. The Bertz CT molecular complexity index is 1250. The summed E-state index contributed by atoms with van der Waals surface area (Å²) in [5, 5.41) is 1.000. The topological polar surface area (TPSA) is 59.1 Å². The lowest BCUT2D eigenvalue weighted by atomic mass is 9.98. The van der Waals surface area contributed by atoms with Crippen LogP contribution in [0.15, 0.2) is 83.8 Å². The molecule has 0 radical (unpaired) electrons. The number of pyridine rings is 1. The molecule has 0 bridgehead atoms. The summed E-state index contributed by atoms with van der Waals surface area (Å²) in [6.07, 6.45) is 0. The Kier molecular flexibility index (Phi) is 4.61. The highest BCUT2D eigenvalue weighted by Crippen LogP contribution is 2.35. The van der Waals surface area contributed by atoms with Gasteiger partial charge in [-0.1, -0.05) is 66.2 Å². The molecule has 4 rings (SSSR count). The molecule has 0 aliphatic heterocycles. The standard InChI is InChI=1S/C23H20N2O2S/c1-16-12-14-19(15-13-16)28(26,27)25-23-22(18-8-4-3-5-9-18)17(2)20-10-6-7-11-21(20)24-23/h3-15H,1-2H3,(H,24,25). The van der Waals surface area contributed by atoms with Crippen molar-refractivity contribution in [2.75, 3.05) is 4.72 Å². The first-order valence-corrected chi connectivity index (χ1v) is 10.5. The van der Waals surface area contributed by atoms with E-state index in [4.69, 9.17) is 0 Å². The van der Waals surface area contributed by atoms with E-state index in [1.807, 2.05) is 68.4 Å². The first-order chi connectivity index (χ1) is 13.5. The fourth-order valence-corrected chi connectivity index (χ4v) is 4.33. The lowest BCUT2D eigenvalue weighted by molar-refractivity contribution is 0.601. The Morgan fingerprint density at radius 2 is 1.43 bits per heavy atom. The number of nitrogens with zero attached hydrogens (tertiary/aromatic N) is 1. The molecule has 1 heterocycles. The Labute approximate surface area is 164 Å². The number of fused-ring (bicyclic) bond motifs is 1. The van der Waals surface area contributed by atoms with Gasteiger partial charge in [0.05, 0.1) is 10.4 Å². The van der Waals surface area contributed by atoms with Gasteiger partial charge in [-0.15, -0.1) is 0 Å². The van der Waals surface area contributed by atoms with Crippen molar-refractivity contribution in [3.63, 3.8) is 0 Å². The smallest absolute Gasteiger partial charge is 0.263 e. The third-order valence-electron chi connectivity index (χ3n) is 4.78. The van der Waals surface area contributed by atoms with E-state index in [1.165, 1.54) is 0 Å². The van der Waals surface area contributed by atoms with Gasteiger partial charge < -0.3 is 0 Å². The van der Waals surface area contributed by atoms with E-state index in [0.717, 1.165) is 33.2 Å². The molecule has 0 atom stereocenters. The molecule has 0 fully saturated rings. The number of para-hydroxylation sites is 1. The van der Waals surface area contributed by atoms with Crippen molar-refractivity contribution in [2.45, 2.75) is 18.7 Å². The van der Waals surface area contributed by atoms with E-state index in [0.29, 0.717) is 5.82 Å². The molecule has 1 aromatic heterocycles. The SMILES string of the molecule is Cc1ccc(S(=O)(=O)Nc2nc3ccccc3c(C)c2-c2ccccc2)cc1. The normalized spacial score (nSPS) is 11.5. The third kappa shape index (κ3) is 3.37. The van der Waals surface area contributed by atoms with Crippen LogP contribution in [0.2, 0.25) is 0 Å². The van der Waals surface area contributed by atoms with E-state index >= 15 is 0 Å². The molecule has 0 aliphatic rings. The predicted molar refractivity (Wildman–Crippen MR) is 114 cm³/mol. The molecule has 0 saturated carbocycles. The van der Waals surface area contributed by atoms with Crippen LogP contribution in [0.5, 0.6) is 0 Å². The second-order valence-electron chi connectivity index (χ2n) is 6.76. The van der Waals surface area contributed by atoms with Crippen LogP contribution in [0, 0.1) is 13.8 Å². The van der Waals surface area contributed by atoms with Crippen LogP contribution in [-0.4, -0.2) is 13.4 Å². The van der Waals surface area contributed by atoms with Gasteiger partial charge in [0.15, 0.2) is 0 Å². The van der Waals surface area contributed by atoms with Gasteiger partial charge in [-0.2, -0.15) is 0 Å². The van der Waals surface area contributed by atoms with Gasteiger partial charge in [-0.3, -0.25) is 4.72 Å². The molecule has 140 valence electrons. The molecule has 0 unspecified atom stereocenters. The number of rotatable bonds is 4. The van der Waals surface area contributed by atoms with Gasteiger partial charge >= 0.3 is 0 Å². The molecule has 0 amide bonds. The number of nitrogens with one attached hydrogen (secondary N) is 1. The highest BCUT2D eigenvalue weighted by atomic mass is 32.2. The summed E-state index contributed by atoms with van der Waals surface area (Å²) < 4.78 is 28.7. The Morgan fingerprint density at radius 3 is 2.14 bits per heavy atom. The number of aryl methyl sites for hydroxylation is 2. The van der Waals surface area contributed by atoms with Crippen LogP contribution >= 0.6 is 0 Å². The maximum Gasteiger partial charge on any atom is 0.263 e. The summed E-state index contributed by atoms with van der Waals surface area (Å²) in [5.41, 5.74) is 4.44. The zero-order valence-corrected chi connectivity index (χ0v) is 16.5. The van der Waals surface area contributed by atoms with Crippen molar-refractivity contribution >= 4 is 26.7 Å². The molecule has 1 N–H and O–H groups in total. The Balaban J connectivity index is 1.91. The minimum absolute atomic E-state index is 0.213. The molecule has 0 saturated heterocycles. The summed E-state index contributed by atoms with van der Waals surface area (Å²) in [6.45, 7) is 3.92. The minimum Gasteiger partial charge on any atom is -0.263 e. The largest absolute Gasteiger partial charge is 0.263 e. The van der Waals surface area contributed by atoms with Crippen LogP contribution in [0.4, 0.5) is 5.82 Å². The van der Waals surface area contributed by atoms with Crippen LogP contribution in [0.25, 0.3) is 22.0 Å². The van der Waals surface area contributed by atoms with E-state index in [1.54, 1.807) is 24.3 Å². The van der Waals surface area contributed by atoms with E-state index in [9.17, 15) is 8.42 Å². The van der Waals surface area contributed by atoms with Crippen LogP contribution in [0.3, 0.4) is 0 Å². The molecular weight excluding hydrogens is 368 g/mol. The summed E-state index contributed by atoms with van der Waals surface area (Å²) in [5.74, 6) is 0.336. The van der Waals surface area contributed by atoms with Crippen molar-refractivity contribution in [1.29, 1.82) is 0 Å². The highest BCUT2D eigenvalue weighted by Gasteiger charge is 2.20. The lowest BCUT2D eigenvalue weighted by Gasteiger charge is -2.16. The first kappa shape index (κ1) is 18.2. The minimum atomic E-state index is -3.76. The zero-order valence-electron chi connectivity index (χ0n) is 15.7. The molecule has 28 heavy (non-hydrogen) atoms. The van der Waals surface area contributed by atoms with Gasteiger partial charge in [-0.05, 0) is 43.2 Å². The fourth-order valence-electron chi connectivity index (χ4n) is 3.31. The number of benzene rings is 3. The molecule has 3 aromatic carbocycles. The fraction of sp³-hybridized carbons (Fsp3) is 0.0870. The average Bonchev–Trinajstić information content (AvgIpc) is 2.69. The van der Waals surface area contributed by atoms with Gasteiger partial charge in [0.2, 0.25) is 0 Å². The molecule has 0 aliphatic carbocycles. The maximum atomic E-state index is 13.0. The molecular formula is C23H20N2O2S. The summed E-state index contributed by atoms with van der Waals surface area (Å²) in [4.78, 5) is 4.86. The number of hydrogen-bond acceptors (Lipinski definition) is 3. The zero-order chi connectivity index (χ0) is 19.7. The third-order valence-corrected chi connectivity index (χ3v) is 6.13. The molecule has 5 heteroatoms. The second kappa shape index (κ2) is 7.09. The van der Waals surface area contributed by atoms with Crippen molar-refractivity contribution < 1.29 is 8.42 Å². The Hall–Kier alpha value is -3.18. The lowest BCUT2D eigenvalue weighted by Crippen LogP contribution is -2.15. The number of hydrogen-bond donors (Lipinski definition) is 1. The van der Waals surface area contributed by atoms with Crippen molar-refractivity contribution in [3.8, 4) is 11.1 Å². The van der Waals surface area contributed by atoms with Crippen LogP contribution in [-0.2, 0) is 10.0 Å². The van der Waals surface area contributed by atoms with Crippen LogP contribution < -0.4 is 4.72 Å². The van der Waals surface area contributed by atoms with Crippen molar-refractivity contribution in [2.24, 2.45) is 0 Å².